The van der Waals surface area contributed by atoms with E-state index in [-0.39, 0.29) is 0 Å². The molecule has 3 nitrogen and oxygen atoms in total. The Labute approximate surface area is 43.7 Å². The molecule has 3 heteroatoms. The van der Waals surface area contributed by atoms with Crippen LogP contribution >= 0.6 is 0 Å². The first kappa shape index (κ1) is 9.63. The molecule has 0 spiro atoms. The summed E-state index contributed by atoms with van der Waals surface area (Å²) in [6.45, 7) is 5.67. The monoisotopic (exact) mass is 102 g/mol. The van der Waals surface area contributed by atoms with Crippen LogP contribution in [0.3, 0.4) is 0 Å². The minimum Gasteiger partial charge on any atom is -0.382 e. The van der Waals surface area contributed by atoms with E-state index in [0.29, 0.717) is 0 Å². The van der Waals surface area contributed by atoms with E-state index < -0.39 is 0 Å². The summed E-state index contributed by atoms with van der Waals surface area (Å²) >= 11 is 0. The van der Waals surface area contributed by atoms with Crippen LogP contribution in [0.15, 0.2) is 0 Å². The Bertz CT molecular complexity index is 33.9. The molecule has 0 fully saturated rings. The largest absolute Gasteiger partial charge is 0.382 e. The average molecular weight is 102 g/mol. The molecular formula is C4H10N2O. The molecular weight excluding hydrogens is 92.1 g/mol. The van der Waals surface area contributed by atoms with Crippen LogP contribution in [0, 0.1) is 10.8 Å². The minimum atomic E-state index is 0.844. The van der Waals surface area contributed by atoms with E-state index in [0.717, 1.165) is 13.2 Å². The number of nitrogens with zero attached hydrogens (tertiary/aromatic N) is 2. The van der Waals surface area contributed by atoms with Crippen molar-refractivity contribution in [2.45, 2.75) is 13.8 Å². The van der Waals surface area contributed by atoms with Crippen LogP contribution in [-0.2, 0) is 4.74 Å². The lowest BCUT2D eigenvalue weighted by molar-refractivity contribution is 0.162. The van der Waals surface area contributed by atoms with Gasteiger partial charge in [0.2, 0.25) is 0 Å². The highest BCUT2D eigenvalue weighted by molar-refractivity contribution is 4.07. The molecule has 0 heterocycles. The molecule has 0 saturated heterocycles. The standard InChI is InChI=1S/C4H10O.N2/c1-3-5-4-2;1-2/h3-4H2,1-2H3;. The van der Waals surface area contributed by atoms with Gasteiger partial charge in [-0.1, -0.05) is 0 Å². The second kappa shape index (κ2) is 18.2. The molecule has 0 saturated carbocycles. The first-order valence-corrected chi connectivity index (χ1v) is 2.19. The molecule has 0 aliphatic rings. The molecule has 0 aromatic heterocycles. The minimum absolute atomic E-state index is 0.844. The van der Waals surface area contributed by atoms with Crippen molar-refractivity contribution in [2.75, 3.05) is 13.2 Å². The average Bonchev–Trinajstić information content (AvgIpc) is 1.75. The maximum absolute atomic E-state index is 6.00. The third-order valence-corrected chi connectivity index (χ3v) is 0.408. The van der Waals surface area contributed by atoms with Gasteiger partial charge in [-0.15, -0.1) is 0 Å². The summed E-state index contributed by atoms with van der Waals surface area (Å²) in [5.41, 5.74) is 0. The second-order valence-electron chi connectivity index (χ2n) is 0.781. The van der Waals surface area contributed by atoms with Gasteiger partial charge in [0, 0.05) is 24.0 Å². The van der Waals surface area contributed by atoms with Gasteiger partial charge < -0.3 is 4.74 Å². The quantitative estimate of drug-likeness (QED) is 0.490. The fourth-order valence-electron chi connectivity index (χ4n) is 0.204. The van der Waals surface area contributed by atoms with Gasteiger partial charge in [0.25, 0.3) is 0 Å². The molecule has 0 unspecified atom stereocenters. The van der Waals surface area contributed by atoms with Gasteiger partial charge in [0.05, 0.1) is 0 Å². The van der Waals surface area contributed by atoms with Crippen molar-refractivity contribution in [3.8, 4) is 0 Å². The molecule has 0 atom stereocenters. The maximum Gasteiger partial charge on any atom is 0.0437 e. The SMILES string of the molecule is CCOCC.N#N. The van der Waals surface area contributed by atoms with Crippen LogP contribution in [0.4, 0.5) is 0 Å². The van der Waals surface area contributed by atoms with Crippen molar-refractivity contribution in [1.82, 2.24) is 0 Å². The first-order valence-electron chi connectivity index (χ1n) is 2.19. The molecule has 0 aliphatic carbocycles. The zero-order valence-corrected chi connectivity index (χ0v) is 4.72. The van der Waals surface area contributed by atoms with Gasteiger partial charge in [0.15, 0.2) is 0 Å². The number of hydrogen-bond acceptors (Lipinski definition) is 3. The van der Waals surface area contributed by atoms with Crippen LogP contribution < -0.4 is 0 Å². The van der Waals surface area contributed by atoms with E-state index in [2.05, 4.69) is 0 Å². The Balaban J connectivity index is 0. The van der Waals surface area contributed by atoms with E-state index in [1.807, 2.05) is 13.8 Å². The summed E-state index contributed by atoms with van der Waals surface area (Å²) in [6, 6.07) is 0. The van der Waals surface area contributed by atoms with Gasteiger partial charge >= 0.3 is 0 Å². The normalized spacial score (nSPS) is 6.29. The zero-order valence-electron chi connectivity index (χ0n) is 4.72. The molecule has 0 aromatic rings. The number of ether oxygens (including phenoxy) is 1. The maximum atomic E-state index is 6.00. The third-order valence-electron chi connectivity index (χ3n) is 0.408. The number of rotatable bonds is 2. The Morgan fingerprint density at radius 3 is 1.43 bits per heavy atom. The summed E-state index contributed by atoms with van der Waals surface area (Å²) in [5.74, 6) is 0. The lowest BCUT2D eigenvalue weighted by Gasteiger charge is -1.86. The van der Waals surface area contributed by atoms with Gasteiger partial charge in [0.1, 0.15) is 0 Å². The van der Waals surface area contributed by atoms with E-state index in [1.54, 1.807) is 0 Å². The summed E-state index contributed by atoms with van der Waals surface area (Å²) in [6.07, 6.45) is 0. The molecule has 0 rings (SSSR count). The fraction of sp³-hybridized carbons (Fsp3) is 1.00. The summed E-state index contributed by atoms with van der Waals surface area (Å²) in [7, 11) is 0. The highest BCUT2D eigenvalue weighted by Crippen LogP contribution is 1.64. The van der Waals surface area contributed by atoms with Crippen LogP contribution in [0.2, 0.25) is 0 Å². The van der Waals surface area contributed by atoms with Crippen molar-refractivity contribution in [1.29, 1.82) is 10.8 Å². The predicted molar refractivity (Wildman–Crippen MR) is 25.6 cm³/mol. The van der Waals surface area contributed by atoms with Crippen molar-refractivity contribution in [3.05, 3.63) is 0 Å². The fourth-order valence-corrected chi connectivity index (χ4v) is 0.204. The smallest absolute Gasteiger partial charge is 0.0437 e. The van der Waals surface area contributed by atoms with Crippen molar-refractivity contribution in [2.24, 2.45) is 0 Å². The van der Waals surface area contributed by atoms with Crippen LogP contribution in [-0.4, -0.2) is 13.2 Å². The van der Waals surface area contributed by atoms with Gasteiger partial charge in [-0.2, -0.15) is 0 Å². The summed E-state index contributed by atoms with van der Waals surface area (Å²) in [5, 5.41) is 12.0. The first-order chi connectivity index (χ1) is 3.41. The third kappa shape index (κ3) is 32.3. The van der Waals surface area contributed by atoms with E-state index in [1.165, 1.54) is 0 Å². The summed E-state index contributed by atoms with van der Waals surface area (Å²) in [4.78, 5) is 0. The zero-order chi connectivity index (χ0) is 6.12. The highest BCUT2D eigenvalue weighted by atomic mass is 16.5. The molecule has 0 aromatic carbocycles. The Hall–Kier alpha value is -0.620. The Kier molecular flexibility index (Phi) is 25.1. The van der Waals surface area contributed by atoms with E-state index in [4.69, 9.17) is 15.5 Å². The number of hydrogen-bond donors (Lipinski definition) is 0. The van der Waals surface area contributed by atoms with Crippen molar-refractivity contribution in [3.63, 3.8) is 0 Å². The van der Waals surface area contributed by atoms with Crippen molar-refractivity contribution < 1.29 is 4.74 Å². The topological polar surface area (TPSA) is 56.8 Å². The van der Waals surface area contributed by atoms with Crippen LogP contribution in [0.5, 0.6) is 0 Å². The van der Waals surface area contributed by atoms with Crippen molar-refractivity contribution >= 4 is 0 Å². The second-order valence-corrected chi connectivity index (χ2v) is 0.781. The molecule has 0 bridgehead atoms. The lowest BCUT2D eigenvalue weighted by Crippen LogP contribution is -1.84. The highest BCUT2D eigenvalue weighted by Gasteiger charge is 1.64. The summed E-state index contributed by atoms with van der Waals surface area (Å²) < 4.78 is 4.83. The molecule has 0 amide bonds. The van der Waals surface area contributed by atoms with Gasteiger partial charge in [-0.25, -0.2) is 0 Å². The van der Waals surface area contributed by atoms with Gasteiger partial charge in [-0.3, -0.25) is 0 Å². The van der Waals surface area contributed by atoms with Crippen LogP contribution in [0.1, 0.15) is 13.8 Å². The van der Waals surface area contributed by atoms with E-state index >= 15 is 0 Å². The molecule has 42 valence electrons. The molecule has 7 heavy (non-hydrogen) atoms. The van der Waals surface area contributed by atoms with Gasteiger partial charge in [-0.05, 0) is 13.8 Å². The molecule has 0 aliphatic heterocycles. The Morgan fingerprint density at radius 1 is 1.14 bits per heavy atom. The molecule has 0 N–H and O–H groups in total. The Morgan fingerprint density at radius 2 is 1.43 bits per heavy atom. The molecule has 0 radical (unpaired) electrons. The van der Waals surface area contributed by atoms with E-state index in [9.17, 15) is 0 Å². The lowest BCUT2D eigenvalue weighted by atomic mass is 10.8. The predicted octanol–water partition coefficient (Wildman–Crippen LogP) is 1.07. The van der Waals surface area contributed by atoms with Crippen LogP contribution in [0.25, 0.3) is 0 Å².